The Kier molecular flexibility index (Phi) is 5.46. The molecule has 0 unspecified atom stereocenters. The first-order valence-electron chi connectivity index (χ1n) is 10.7. The molecule has 0 atom stereocenters. The lowest BCUT2D eigenvalue weighted by molar-refractivity contribution is -0.178. The van der Waals surface area contributed by atoms with Gasteiger partial charge in [-0.05, 0) is 30.9 Å². The Hall–Kier alpha value is -2.05. The van der Waals surface area contributed by atoms with Gasteiger partial charge in [-0.1, -0.05) is 54.1 Å². The Morgan fingerprint density at radius 2 is 1.60 bits per heavy atom. The molecule has 1 saturated heterocycles. The molecular formula is C25H27NO3S. The third kappa shape index (κ3) is 3.83. The van der Waals surface area contributed by atoms with E-state index in [-0.39, 0.29) is 12.4 Å². The molecule has 2 aliphatic rings. The van der Waals surface area contributed by atoms with E-state index in [0.717, 1.165) is 42.5 Å². The van der Waals surface area contributed by atoms with E-state index in [0.29, 0.717) is 19.1 Å². The van der Waals surface area contributed by atoms with Crippen molar-refractivity contribution in [3.63, 3.8) is 0 Å². The lowest BCUT2D eigenvalue weighted by Crippen LogP contribution is -2.34. The van der Waals surface area contributed by atoms with Crippen molar-refractivity contribution in [3.05, 3.63) is 64.7 Å². The lowest BCUT2D eigenvalue weighted by Gasteiger charge is -2.34. The van der Waals surface area contributed by atoms with Crippen molar-refractivity contribution >= 4 is 11.3 Å². The average Bonchev–Trinajstić information content (AvgIpc) is 3.43. The number of nitrogens with zero attached hydrogens (tertiary/aromatic N) is 1. The van der Waals surface area contributed by atoms with Crippen LogP contribution in [0.5, 0.6) is 0 Å². The molecule has 2 heterocycles. The number of aliphatic hydroxyl groups excluding tert-OH is 1. The normalized spacial score (nSPS) is 18.9. The Labute approximate surface area is 181 Å². The van der Waals surface area contributed by atoms with Crippen LogP contribution < -0.4 is 0 Å². The highest BCUT2D eigenvalue weighted by Gasteiger charge is 2.41. The lowest BCUT2D eigenvalue weighted by atomic mass is 9.85. The van der Waals surface area contributed by atoms with Gasteiger partial charge in [0.25, 0.3) is 0 Å². The summed E-state index contributed by atoms with van der Waals surface area (Å²) in [4.78, 5) is 6.37. The van der Waals surface area contributed by atoms with Gasteiger partial charge in [-0.25, -0.2) is 4.98 Å². The molecule has 5 rings (SSSR count). The highest BCUT2D eigenvalue weighted by Crippen LogP contribution is 2.46. The fourth-order valence-corrected chi connectivity index (χ4v) is 5.73. The van der Waals surface area contributed by atoms with Crippen molar-refractivity contribution in [1.29, 1.82) is 0 Å². The number of hydrogen-bond acceptors (Lipinski definition) is 5. The topological polar surface area (TPSA) is 51.6 Å². The molecule has 3 aromatic rings. The molecule has 30 heavy (non-hydrogen) atoms. The van der Waals surface area contributed by atoms with E-state index in [1.165, 1.54) is 21.0 Å². The van der Waals surface area contributed by atoms with Crippen LogP contribution in [0.4, 0.5) is 0 Å². The van der Waals surface area contributed by atoms with Gasteiger partial charge in [-0.15, -0.1) is 11.3 Å². The predicted octanol–water partition coefficient (Wildman–Crippen LogP) is 5.68. The number of thiazole rings is 1. The second-order valence-electron chi connectivity index (χ2n) is 8.33. The van der Waals surface area contributed by atoms with E-state index < -0.39 is 0 Å². The zero-order valence-corrected chi connectivity index (χ0v) is 18.1. The van der Waals surface area contributed by atoms with E-state index in [4.69, 9.17) is 14.5 Å². The quantitative estimate of drug-likeness (QED) is 0.589. The van der Waals surface area contributed by atoms with Crippen LogP contribution in [0.15, 0.2) is 48.5 Å². The van der Waals surface area contributed by atoms with Gasteiger partial charge in [0, 0.05) is 24.3 Å². The summed E-state index contributed by atoms with van der Waals surface area (Å²) in [5.41, 5.74) is 5.52. The summed E-state index contributed by atoms with van der Waals surface area (Å²) in [6, 6.07) is 16.8. The van der Waals surface area contributed by atoms with Crippen molar-refractivity contribution in [3.8, 4) is 21.7 Å². The number of aliphatic hydroxyl groups is 1. The minimum absolute atomic E-state index is 0.0569. The molecule has 156 valence electrons. The SMILES string of the molecule is Cc1ccc(-c2sc(C3CCC4(CC3)OCCO4)nc2-c2ccc(CO)cc2)cc1. The third-order valence-corrected chi connectivity index (χ3v) is 7.54. The zero-order chi connectivity index (χ0) is 20.6. The third-order valence-electron chi connectivity index (χ3n) is 6.28. The molecule has 1 saturated carbocycles. The predicted molar refractivity (Wildman–Crippen MR) is 119 cm³/mol. The first kappa shape index (κ1) is 19.9. The van der Waals surface area contributed by atoms with Crippen molar-refractivity contribution in [2.24, 2.45) is 0 Å². The Morgan fingerprint density at radius 1 is 0.967 bits per heavy atom. The number of ether oxygens (including phenoxy) is 2. The molecule has 1 aliphatic heterocycles. The largest absolute Gasteiger partial charge is 0.392 e. The number of aryl methyl sites for hydroxylation is 1. The molecule has 1 spiro atoms. The van der Waals surface area contributed by atoms with E-state index >= 15 is 0 Å². The number of hydrogen-bond donors (Lipinski definition) is 1. The van der Waals surface area contributed by atoms with Gasteiger partial charge in [0.15, 0.2) is 5.79 Å². The summed E-state index contributed by atoms with van der Waals surface area (Å²) in [5, 5.41) is 10.6. The van der Waals surface area contributed by atoms with Crippen LogP contribution in [0.3, 0.4) is 0 Å². The smallest absolute Gasteiger partial charge is 0.168 e. The first-order chi connectivity index (χ1) is 14.7. The maximum absolute atomic E-state index is 9.39. The van der Waals surface area contributed by atoms with E-state index in [1.54, 1.807) is 0 Å². The highest BCUT2D eigenvalue weighted by atomic mass is 32.1. The van der Waals surface area contributed by atoms with E-state index in [9.17, 15) is 5.11 Å². The maximum atomic E-state index is 9.39. The summed E-state index contributed by atoms with van der Waals surface area (Å²) in [6.45, 7) is 3.60. The molecule has 1 aromatic heterocycles. The maximum Gasteiger partial charge on any atom is 0.168 e. The van der Waals surface area contributed by atoms with Crippen molar-refractivity contribution < 1.29 is 14.6 Å². The van der Waals surface area contributed by atoms with E-state index in [2.05, 4.69) is 43.3 Å². The first-order valence-corrected chi connectivity index (χ1v) is 11.5. The molecule has 1 aliphatic carbocycles. The summed E-state index contributed by atoms with van der Waals surface area (Å²) in [5.74, 6) is 0.111. The van der Waals surface area contributed by atoms with Gasteiger partial charge in [0.05, 0.1) is 35.4 Å². The molecule has 0 radical (unpaired) electrons. The molecular weight excluding hydrogens is 394 g/mol. The monoisotopic (exact) mass is 421 g/mol. The minimum Gasteiger partial charge on any atom is -0.392 e. The van der Waals surface area contributed by atoms with Gasteiger partial charge in [-0.3, -0.25) is 0 Å². The van der Waals surface area contributed by atoms with Crippen LogP contribution in [0.1, 0.15) is 47.7 Å². The summed E-state index contributed by atoms with van der Waals surface area (Å²) in [7, 11) is 0. The Bertz CT molecular complexity index is 994. The van der Waals surface area contributed by atoms with Crippen molar-refractivity contribution in [2.45, 2.75) is 50.9 Å². The molecule has 5 heteroatoms. The summed E-state index contributed by atoms with van der Waals surface area (Å²) in [6.07, 6.45) is 3.97. The average molecular weight is 422 g/mol. The molecule has 2 aromatic carbocycles. The Morgan fingerprint density at radius 3 is 2.23 bits per heavy atom. The number of aromatic nitrogens is 1. The van der Waals surface area contributed by atoms with Gasteiger partial charge in [-0.2, -0.15) is 0 Å². The van der Waals surface area contributed by atoms with Gasteiger partial charge in [0.1, 0.15) is 0 Å². The fraction of sp³-hybridized carbons (Fsp3) is 0.400. The fourth-order valence-electron chi connectivity index (χ4n) is 4.47. The van der Waals surface area contributed by atoms with Crippen LogP contribution in [-0.4, -0.2) is 29.1 Å². The molecule has 0 bridgehead atoms. The standard InChI is InChI=1S/C25H27NO3S/c1-17-2-6-20(7-3-17)23-22(19-8-4-18(16-27)5-9-19)26-24(30-23)21-10-12-25(13-11-21)28-14-15-29-25/h2-9,21,27H,10-16H2,1H3. The minimum atomic E-state index is -0.337. The summed E-state index contributed by atoms with van der Waals surface area (Å²) < 4.78 is 11.8. The van der Waals surface area contributed by atoms with Gasteiger partial charge in [0.2, 0.25) is 0 Å². The summed E-state index contributed by atoms with van der Waals surface area (Å²) >= 11 is 1.82. The Balaban J connectivity index is 1.48. The van der Waals surface area contributed by atoms with Crippen LogP contribution >= 0.6 is 11.3 Å². The van der Waals surface area contributed by atoms with Gasteiger partial charge >= 0.3 is 0 Å². The molecule has 1 N–H and O–H groups in total. The molecule has 4 nitrogen and oxygen atoms in total. The second-order valence-corrected chi connectivity index (χ2v) is 9.36. The van der Waals surface area contributed by atoms with Crippen LogP contribution in [0.25, 0.3) is 21.7 Å². The van der Waals surface area contributed by atoms with Gasteiger partial charge < -0.3 is 14.6 Å². The van der Waals surface area contributed by atoms with Crippen LogP contribution in [0.2, 0.25) is 0 Å². The van der Waals surface area contributed by atoms with Crippen LogP contribution in [-0.2, 0) is 16.1 Å². The molecule has 0 amide bonds. The molecule has 2 fully saturated rings. The second kappa shape index (κ2) is 8.23. The van der Waals surface area contributed by atoms with Crippen LogP contribution in [0, 0.1) is 6.92 Å². The highest BCUT2D eigenvalue weighted by molar-refractivity contribution is 7.15. The van der Waals surface area contributed by atoms with Crippen molar-refractivity contribution in [2.75, 3.05) is 13.2 Å². The van der Waals surface area contributed by atoms with Crippen molar-refractivity contribution in [1.82, 2.24) is 4.98 Å². The number of rotatable bonds is 4. The zero-order valence-electron chi connectivity index (χ0n) is 17.3. The number of benzene rings is 2. The van der Waals surface area contributed by atoms with E-state index in [1.807, 2.05) is 23.5 Å².